The van der Waals surface area contributed by atoms with Crippen molar-refractivity contribution in [3.05, 3.63) is 16.3 Å². The molecule has 2 rings (SSSR count). The highest BCUT2D eigenvalue weighted by Crippen LogP contribution is 2.31. The van der Waals surface area contributed by atoms with Crippen molar-refractivity contribution in [1.82, 2.24) is 9.78 Å². The summed E-state index contributed by atoms with van der Waals surface area (Å²) < 4.78 is 1.59. The van der Waals surface area contributed by atoms with Crippen LogP contribution in [0.1, 0.15) is 18.9 Å². The molecular weight excluding hydrogens is 216 g/mol. The van der Waals surface area contributed by atoms with E-state index in [0.717, 1.165) is 24.3 Å². The molecule has 1 unspecified atom stereocenters. The predicted molar refractivity (Wildman–Crippen MR) is 58.9 cm³/mol. The van der Waals surface area contributed by atoms with Gasteiger partial charge in [0.1, 0.15) is 6.20 Å². The minimum absolute atomic E-state index is 0.0921. The largest absolute Gasteiger partial charge is 0.378 e. The van der Waals surface area contributed by atoms with Crippen molar-refractivity contribution in [2.45, 2.75) is 18.9 Å². The normalized spacial score (nSPS) is 21.5. The Morgan fingerprint density at radius 2 is 2.53 bits per heavy atom. The Morgan fingerprint density at radius 3 is 3.07 bits per heavy atom. The fourth-order valence-corrected chi connectivity index (χ4v) is 2.83. The molecule has 0 saturated carbocycles. The van der Waals surface area contributed by atoms with Crippen molar-refractivity contribution in [2.75, 3.05) is 17.2 Å². The van der Waals surface area contributed by atoms with Crippen LogP contribution < -0.4 is 5.73 Å². The molecule has 0 aromatic carbocycles. The molecule has 0 amide bonds. The van der Waals surface area contributed by atoms with Crippen LogP contribution in [0.15, 0.2) is 6.20 Å². The van der Waals surface area contributed by atoms with Crippen LogP contribution in [0, 0.1) is 10.1 Å². The molecule has 2 heterocycles. The van der Waals surface area contributed by atoms with Crippen LogP contribution in [-0.4, -0.2) is 26.2 Å². The number of nitro groups is 1. The maximum Gasteiger partial charge on any atom is 0.330 e. The molecule has 7 heteroatoms. The van der Waals surface area contributed by atoms with Gasteiger partial charge in [-0.15, -0.1) is 0 Å². The first-order valence-electron chi connectivity index (χ1n) is 4.75. The van der Waals surface area contributed by atoms with Gasteiger partial charge >= 0.3 is 5.69 Å². The van der Waals surface area contributed by atoms with Crippen LogP contribution in [0.5, 0.6) is 0 Å². The van der Waals surface area contributed by atoms with Crippen LogP contribution in [0.4, 0.5) is 11.5 Å². The lowest BCUT2D eigenvalue weighted by molar-refractivity contribution is -0.384. The minimum atomic E-state index is -0.491. The van der Waals surface area contributed by atoms with Gasteiger partial charge in [0.05, 0.1) is 11.0 Å². The molecule has 1 atom stereocenters. The average Bonchev–Trinajstić information content (AvgIpc) is 2.61. The molecule has 0 radical (unpaired) electrons. The SMILES string of the molecule is Nc1c([N+](=O)[O-])cnn1C1CCCSC1. The van der Waals surface area contributed by atoms with Gasteiger partial charge in [0.15, 0.2) is 0 Å². The second kappa shape index (κ2) is 4.09. The Kier molecular flexibility index (Phi) is 2.81. The molecule has 1 aromatic heterocycles. The van der Waals surface area contributed by atoms with Gasteiger partial charge in [0, 0.05) is 5.75 Å². The summed E-state index contributed by atoms with van der Waals surface area (Å²) in [5, 5.41) is 14.6. The summed E-state index contributed by atoms with van der Waals surface area (Å²) >= 11 is 1.84. The Bertz CT molecular complexity index is 373. The monoisotopic (exact) mass is 228 g/mol. The van der Waals surface area contributed by atoms with Gasteiger partial charge in [-0.25, -0.2) is 4.68 Å². The third-order valence-corrected chi connectivity index (χ3v) is 3.69. The van der Waals surface area contributed by atoms with Gasteiger partial charge in [-0.05, 0) is 18.6 Å². The van der Waals surface area contributed by atoms with E-state index in [0.29, 0.717) is 0 Å². The summed E-state index contributed by atoms with van der Waals surface area (Å²) in [5.74, 6) is 2.26. The van der Waals surface area contributed by atoms with Crippen molar-refractivity contribution < 1.29 is 4.92 Å². The average molecular weight is 228 g/mol. The molecule has 1 aromatic rings. The first kappa shape index (κ1) is 10.3. The van der Waals surface area contributed by atoms with Gasteiger partial charge in [0.2, 0.25) is 5.82 Å². The van der Waals surface area contributed by atoms with E-state index in [1.165, 1.54) is 6.20 Å². The predicted octanol–water partition coefficient (Wildman–Crippen LogP) is 1.44. The molecule has 15 heavy (non-hydrogen) atoms. The summed E-state index contributed by atoms with van der Waals surface area (Å²) in [4.78, 5) is 10.1. The third kappa shape index (κ3) is 1.92. The molecule has 0 aliphatic carbocycles. The summed E-state index contributed by atoms with van der Waals surface area (Å²) in [6.07, 6.45) is 3.34. The topological polar surface area (TPSA) is 87.0 Å². The summed E-state index contributed by atoms with van der Waals surface area (Å²) in [5.41, 5.74) is 5.59. The molecule has 0 bridgehead atoms. The van der Waals surface area contributed by atoms with E-state index in [2.05, 4.69) is 5.10 Å². The minimum Gasteiger partial charge on any atom is -0.378 e. The van der Waals surface area contributed by atoms with Gasteiger partial charge < -0.3 is 5.73 Å². The maximum absolute atomic E-state index is 10.6. The molecule has 1 aliphatic heterocycles. The highest BCUT2D eigenvalue weighted by Gasteiger charge is 2.24. The summed E-state index contributed by atoms with van der Waals surface area (Å²) in [7, 11) is 0. The van der Waals surface area contributed by atoms with Crippen molar-refractivity contribution in [2.24, 2.45) is 0 Å². The number of nitrogens with zero attached hydrogens (tertiary/aromatic N) is 3. The molecular formula is C8H12N4O2S. The second-order valence-electron chi connectivity index (χ2n) is 3.49. The van der Waals surface area contributed by atoms with Gasteiger partial charge in [-0.2, -0.15) is 16.9 Å². The van der Waals surface area contributed by atoms with Crippen LogP contribution in [0.25, 0.3) is 0 Å². The third-order valence-electron chi connectivity index (χ3n) is 2.49. The van der Waals surface area contributed by atoms with E-state index in [1.54, 1.807) is 4.68 Å². The van der Waals surface area contributed by atoms with Crippen LogP contribution in [0.3, 0.4) is 0 Å². The van der Waals surface area contributed by atoms with E-state index < -0.39 is 4.92 Å². The van der Waals surface area contributed by atoms with Crippen molar-refractivity contribution in [3.63, 3.8) is 0 Å². The first-order valence-corrected chi connectivity index (χ1v) is 5.90. The van der Waals surface area contributed by atoms with Gasteiger partial charge in [-0.1, -0.05) is 0 Å². The van der Waals surface area contributed by atoms with Crippen LogP contribution >= 0.6 is 11.8 Å². The summed E-state index contributed by atoms with van der Waals surface area (Å²) in [6, 6.07) is 0.206. The summed E-state index contributed by atoms with van der Waals surface area (Å²) in [6.45, 7) is 0. The molecule has 1 aliphatic rings. The number of hydrogen-bond donors (Lipinski definition) is 1. The quantitative estimate of drug-likeness (QED) is 0.611. The number of nitrogen functional groups attached to an aromatic ring is 1. The Balaban J connectivity index is 2.24. The van der Waals surface area contributed by atoms with Gasteiger partial charge in [-0.3, -0.25) is 10.1 Å². The highest BCUT2D eigenvalue weighted by atomic mass is 32.2. The molecule has 0 spiro atoms. The molecule has 6 nitrogen and oxygen atoms in total. The second-order valence-corrected chi connectivity index (χ2v) is 4.64. The van der Waals surface area contributed by atoms with Crippen LogP contribution in [0.2, 0.25) is 0 Å². The van der Waals surface area contributed by atoms with Crippen LogP contribution in [-0.2, 0) is 0 Å². The van der Waals surface area contributed by atoms with Gasteiger partial charge in [0.25, 0.3) is 0 Å². The molecule has 82 valence electrons. The molecule has 1 saturated heterocycles. The van der Waals surface area contributed by atoms with Crippen molar-refractivity contribution in [3.8, 4) is 0 Å². The van der Waals surface area contributed by atoms with E-state index in [4.69, 9.17) is 5.73 Å². The zero-order chi connectivity index (χ0) is 10.8. The Labute approximate surface area is 91.0 Å². The number of hydrogen-bond acceptors (Lipinski definition) is 5. The number of anilines is 1. The van der Waals surface area contributed by atoms with E-state index in [-0.39, 0.29) is 17.5 Å². The van der Waals surface area contributed by atoms with Crippen molar-refractivity contribution in [1.29, 1.82) is 0 Å². The fourth-order valence-electron chi connectivity index (χ4n) is 1.71. The van der Waals surface area contributed by atoms with E-state index >= 15 is 0 Å². The maximum atomic E-state index is 10.6. The Hall–Kier alpha value is -1.24. The lowest BCUT2D eigenvalue weighted by Crippen LogP contribution is -2.19. The molecule has 2 N–H and O–H groups in total. The standard InChI is InChI=1S/C8H12N4O2S/c9-8-7(12(13)14)4-10-11(8)6-2-1-3-15-5-6/h4,6H,1-3,5,9H2. The van der Waals surface area contributed by atoms with Crippen molar-refractivity contribution >= 4 is 23.3 Å². The lowest BCUT2D eigenvalue weighted by Gasteiger charge is -2.22. The smallest absolute Gasteiger partial charge is 0.330 e. The first-order chi connectivity index (χ1) is 7.20. The number of nitrogens with two attached hydrogens (primary N) is 1. The Morgan fingerprint density at radius 1 is 1.73 bits per heavy atom. The molecule has 1 fully saturated rings. The number of rotatable bonds is 2. The zero-order valence-corrected chi connectivity index (χ0v) is 8.94. The zero-order valence-electron chi connectivity index (χ0n) is 8.13. The highest BCUT2D eigenvalue weighted by molar-refractivity contribution is 7.99. The van der Waals surface area contributed by atoms with E-state index in [1.807, 2.05) is 11.8 Å². The number of aromatic nitrogens is 2. The fraction of sp³-hybridized carbons (Fsp3) is 0.625. The number of thioether (sulfide) groups is 1. The lowest BCUT2D eigenvalue weighted by atomic mass is 10.2. The van der Waals surface area contributed by atoms with E-state index in [9.17, 15) is 10.1 Å².